The Bertz CT molecular complexity index is 703. The van der Waals surface area contributed by atoms with Crippen molar-refractivity contribution < 1.29 is 9.59 Å². The number of rotatable bonds is 5. The van der Waals surface area contributed by atoms with Gasteiger partial charge in [0, 0.05) is 25.2 Å². The van der Waals surface area contributed by atoms with Crippen LogP contribution in [0, 0.1) is 19.8 Å². The van der Waals surface area contributed by atoms with Crippen LogP contribution in [-0.4, -0.2) is 36.3 Å². The summed E-state index contributed by atoms with van der Waals surface area (Å²) in [5.74, 6) is 0.0601. The van der Waals surface area contributed by atoms with Gasteiger partial charge in [0.15, 0.2) is 0 Å². The van der Waals surface area contributed by atoms with E-state index in [1.165, 1.54) is 31.3 Å². The quantitative estimate of drug-likeness (QED) is 0.793. The molecule has 0 spiro atoms. The van der Waals surface area contributed by atoms with Gasteiger partial charge in [0.25, 0.3) is 5.91 Å². The molecule has 1 heterocycles. The van der Waals surface area contributed by atoms with E-state index in [4.69, 9.17) is 0 Å². The molecule has 27 heavy (non-hydrogen) atoms. The van der Waals surface area contributed by atoms with Crippen LogP contribution in [0.2, 0.25) is 0 Å². The summed E-state index contributed by atoms with van der Waals surface area (Å²) in [5.41, 5.74) is 4.41. The van der Waals surface area contributed by atoms with Crippen LogP contribution in [0.15, 0.2) is 29.8 Å². The molecule has 1 aliphatic heterocycles. The molecule has 1 aromatic rings. The molecular weight excluding hydrogens is 336 g/mol. The highest BCUT2D eigenvalue weighted by atomic mass is 16.2. The third kappa shape index (κ3) is 5.44. The average Bonchev–Trinajstić information content (AvgIpc) is 2.67. The van der Waals surface area contributed by atoms with E-state index in [0.29, 0.717) is 13.1 Å². The summed E-state index contributed by atoms with van der Waals surface area (Å²) in [6, 6.07) is 5.96. The van der Waals surface area contributed by atoms with Gasteiger partial charge in [-0.25, -0.2) is 0 Å². The van der Waals surface area contributed by atoms with E-state index < -0.39 is 0 Å². The Morgan fingerprint density at radius 3 is 2.59 bits per heavy atom. The molecule has 0 aromatic heterocycles. The average molecular weight is 369 g/mol. The molecule has 4 heteroatoms. The van der Waals surface area contributed by atoms with Gasteiger partial charge in [0.2, 0.25) is 5.91 Å². The van der Waals surface area contributed by atoms with E-state index in [1.807, 2.05) is 30.9 Å². The van der Waals surface area contributed by atoms with Crippen molar-refractivity contribution in [2.24, 2.45) is 5.92 Å². The van der Waals surface area contributed by atoms with Crippen LogP contribution in [-0.2, 0) is 4.79 Å². The van der Waals surface area contributed by atoms with Gasteiger partial charge in [-0.3, -0.25) is 9.59 Å². The van der Waals surface area contributed by atoms with Crippen LogP contribution >= 0.6 is 0 Å². The lowest BCUT2D eigenvalue weighted by Crippen LogP contribution is -2.45. The van der Waals surface area contributed by atoms with Crippen molar-refractivity contribution >= 4 is 11.8 Å². The standard InChI is InChI=1S/C23H32N2O2/c1-17-13-18(2)15-21(14-17)23(27)25-12-6-9-20(16-25)22(26)24-11-10-19-7-4-3-5-8-19/h7,13-15,20H,3-6,8-12,16H2,1-2H3,(H,24,26)/t20-/m0/s1. The van der Waals surface area contributed by atoms with Crippen molar-refractivity contribution in [3.05, 3.63) is 46.5 Å². The van der Waals surface area contributed by atoms with E-state index in [2.05, 4.69) is 17.5 Å². The lowest BCUT2D eigenvalue weighted by molar-refractivity contribution is -0.126. The summed E-state index contributed by atoms with van der Waals surface area (Å²) in [5, 5.41) is 3.10. The van der Waals surface area contributed by atoms with Crippen LogP contribution in [0.5, 0.6) is 0 Å². The lowest BCUT2D eigenvalue weighted by Gasteiger charge is -2.32. The molecule has 1 fully saturated rings. The number of benzene rings is 1. The molecule has 1 aliphatic carbocycles. The van der Waals surface area contributed by atoms with E-state index >= 15 is 0 Å². The van der Waals surface area contributed by atoms with Gasteiger partial charge in [-0.15, -0.1) is 0 Å². The van der Waals surface area contributed by atoms with Gasteiger partial charge in [0.1, 0.15) is 0 Å². The second-order valence-electron chi connectivity index (χ2n) is 8.12. The minimum absolute atomic E-state index is 0.0478. The van der Waals surface area contributed by atoms with E-state index in [1.54, 1.807) is 0 Å². The zero-order chi connectivity index (χ0) is 19.2. The first kappa shape index (κ1) is 19.7. The summed E-state index contributed by atoms with van der Waals surface area (Å²) < 4.78 is 0. The summed E-state index contributed by atoms with van der Waals surface area (Å²) in [6.45, 7) is 6.00. The number of amides is 2. The number of carbonyl (C=O) groups is 2. The lowest BCUT2D eigenvalue weighted by atomic mass is 9.95. The van der Waals surface area contributed by atoms with Gasteiger partial charge in [-0.05, 0) is 70.9 Å². The van der Waals surface area contributed by atoms with Gasteiger partial charge < -0.3 is 10.2 Å². The number of nitrogens with one attached hydrogen (secondary N) is 1. The largest absolute Gasteiger partial charge is 0.355 e. The van der Waals surface area contributed by atoms with Crippen molar-refractivity contribution in [3.8, 4) is 0 Å². The molecule has 4 nitrogen and oxygen atoms in total. The first-order valence-corrected chi connectivity index (χ1v) is 10.4. The number of allylic oxidation sites excluding steroid dienone is 1. The van der Waals surface area contributed by atoms with E-state index in [9.17, 15) is 9.59 Å². The van der Waals surface area contributed by atoms with Crippen molar-refractivity contribution in [1.29, 1.82) is 0 Å². The number of carbonyl (C=O) groups excluding carboxylic acids is 2. The minimum atomic E-state index is -0.0889. The van der Waals surface area contributed by atoms with Gasteiger partial charge in [-0.1, -0.05) is 28.8 Å². The van der Waals surface area contributed by atoms with Crippen LogP contribution in [0.1, 0.15) is 66.4 Å². The highest BCUT2D eigenvalue weighted by molar-refractivity contribution is 5.95. The van der Waals surface area contributed by atoms with Crippen LogP contribution in [0.25, 0.3) is 0 Å². The Labute approximate surface area is 163 Å². The molecule has 1 N–H and O–H groups in total. The Kier molecular flexibility index (Phi) is 6.70. The molecule has 2 aliphatic rings. The van der Waals surface area contributed by atoms with E-state index in [0.717, 1.165) is 42.5 Å². The summed E-state index contributed by atoms with van der Waals surface area (Å²) in [6.07, 6.45) is 9.98. The molecule has 1 aromatic carbocycles. The monoisotopic (exact) mass is 368 g/mol. The Morgan fingerprint density at radius 1 is 1.11 bits per heavy atom. The maximum atomic E-state index is 12.9. The highest BCUT2D eigenvalue weighted by Crippen LogP contribution is 2.21. The topological polar surface area (TPSA) is 49.4 Å². The van der Waals surface area contributed by atoms with Crippen LogP contribution < -0.4 is 5.32 Å². The number of hydrogen-bond acceptors (Lipinski definition) is 2. The summed E-state index contributed by atoms with van der Waals surface area (Å²) >= 11 is 0. The van der Waals surface area contributed by atoms with Crippen LogP contribution in [0.4, 0.5) is 0 Å². The predicted octanol–water partition coefficient (Wildman–Crippen LogP) is 4.16. The zero-order valence-electron chi connectivity index (χ0n) is 16.7. The first-order valence-electron chi connectivity index (χ1n) is 10.4. The fourth-order valence-corrected chi connectivity index (χ4v) is 4.28. The number of nitrogens with zero attached hydrogens (tertiary/aromatic N) is 1. The third-order valence-corrected chi connectivity index (χ3v) is 5.68. The number of likely N-dealkylation sites (tertiary alicyclic amines) is 1. The minimum Gasteiger partial charge on any atom is -0.355 e. The third-order valence-electron chi connectivity index (χ3n) is 5.68. The Morgan fingerprint density at radius 2 is 1.89 bits per heavy atom. The molecule has 0 radical (unpaired) electrons. The van der Waals surface area contributed by atoms with Crippen molar-refractivity contribution in [3.63, 3.8) is 0 Å². The smallest absolute Gasteiger partial charge is 0.253 e. The normalized spacial score (nSPS) is 20.1. The fraction of sp³-hybridized carbons (Fsp3) is 0.565. The van der Waals surface area contributed by atoms with Crippen molar-refractivity contribution in [2.45, 2.75) is 58.8 Å². The first-order chi connectivity index (χ1) is 13.0. The molecule has 1 atom stereocenters. The highest BCUT2D eigenvalue weighted by Gasteiger charge is 2.28. The number of hydrogen-bond donors (Lipinski definition) is 1. The summed E-state index contributed by atoms with van der Waals surface area (Å²) in [4.78, 5) is 27.3. The van der Waals surface area contributed by atoms with Crippen molar-refractivity contribution in [2.75, 3.05) is 19.6 Å². The van der Waals surface area contributed by atoms with Gasteiger partial charge in [0.05, 0.1) is 5.92 Å². The maximum Gasteiger partial charge on any atom is 0.253 e. The Balaban J connectivity index is 1.52. The van der Waals surface area contributed by atoms with E-state index in [-0.39, 0.29) is 17.7 Å². The predicted molar refractivity (Wildman–Crippen MR) is 109 cm³/mol. The number of aryl methyl sites for hydroxylation is 2. The fourth-order valence-electron chi connectivity index (χ4n) is 4.28. The van der Waals surface area contributed by atoms with Crippen LogP contribution in [0.3, 0.4) is 0 Å². The molecule has 3 rings (SSSR count). The summed E-state index contributed by atoms with van der Waals surface area (Å²) in [7, 11) is 0. The molecular formula is C23H32N2O2. The van der Waals surface area contributed by atoms with Gasteiger partial charge >= 0.3 is 0 Å². The van der Waals surface area contributed by atoms with Crippen molar-refractivity contribution in [1.82, 2.24) is 10.2 Å². The molecule has 0 bridgehead atoms. The molecule has 146 valence electrons. The second kappa shape index (κ2) is 9.20. The second-order valence-corrected chi connectivity index (χ2v) is 8.12. The molecule has 0 saturated carbocycles. The van der Waals surface area contributed by atoms with Gasteiger partial charge in [-0.2, -0.15) is 0 Å². The number of piperidine rings is 1. The SMILES string of the molecule is Cc1cc(C)cc(C(=O)N2CCC[C@H](C(=O)NCCC3=CCCCC3)C2)c1. The Hall–Kier alpha value is -2.10. The maximum absolute atomic E-state index is 12.9. The molecule has 0 unspecified atom stereocenters. The zero-order valence-corrected chi connectivity index (χ0v) is 16.7. The molecule has 2 amide bonds. The molecule has 1 saturated heterocycles.